The fourth-order valence-corrected chi connectivity index (χ4v) is 3.14. The average molecular weight is 372 g/mol. The van der Waals surface area contributed by atoms with Crippen molar-refractivity contribution in [3.8, 4) is 0 Å². The number of hydrogen-bond acceptors (Lipinski definition) is 3. The van der Waals surface area contributed by atoms with Gasteiger partial charge in [0.05, 0.1) is 5.41 Å². The normalized spacial score (nSPS) is 14.6. The van der Waals surface area contributed by atoms with Crippen molar-refractivity contribution in [3.63, 3.8) is 0 Å². The third-order valence-electron chi connectivity index (χ3n) is 4.96. The molecule has 3 rings (SSSR count). The van der Waals surface area contributed by atoms with E-state index in [1.54, 1.807) is 24.1 Å². The number of aryl methyl sites for hydroxylation is 1. The number of ether oxygens (including phenoxy) is 1. The van der Waals surface area contributed by atoms with Crippen LogP contribution in [0.1, 0.15) is 29.5 Å². The molecule has 1 saturated carbocycles. The van der Waals surface area contributed by atoms with E-state index in [1.807, 2.05) is 43.3 Å². The predicted octanol–water partition coefficient (Wildman–Crippen LogP) is 3.88. The van der Waals surface area contributed by atoms with E-state index in [0.29, 0.717) is 11.6 Å². The zero-order chi connectivity index (χ0) is 18.7. The molecule has 1 aliphatic rings. The molecule has 2 aromatic rings. The van der Waals surface area contributed by atoms with E-state index < -0.39 is 5.41 Å². The minimum atomic E-state index is -0.612. The van der Waals surface area contributed by atoms with Crippen molar-refractivity contribution < 1.29 is 14.3 Å². The van der Waals surface area contributed by atoms with Gasteiger partial charge in [-0.3, -0.25) is 9.59 Å². The Morgan fingerprint density at radius 3 is 2.38 bits per heavy atom. The molecule has 136 valence electrons. The first-order chi connectivity index (χ1) is 12.4. The van der Waals surface area contributed by atoms with Crippen molar-refractivity contribution in [2.45, 2.75) is 31.7 Å². The van der Waals surface area contributed by atoms with Crippen LogP contribution in [-0.4, -0.2) is 30.4 Å². The second-order valence-electron chi connectivity index (χ2n) is 6.84. The molecule has 4 nitrogen and oxygen atoms in total. The topological polar surface area (TPSA) is 46.6 Å². The third-order valence-corrected chi connectivity index (χ3v) is 5.21. The summed E-state index contributed by atoms with van der Waals surface area (Å²) in [6.45, 7) is 2.26. The Morgan fingerprint density at radius 2 is 1.77 bits per heavy atom. The van der Waals surface area contributed by atoms with Crippen molar-refractivity contribution in [3.05, 3.63) is 70.2 Å². The molecule has 0 aliphatic heterocycles. The maximum atomic E-state index is 12.5. The SMILES string of the molecule is Cc1ccccc1CN(C)C(=O)COC(=O)C1(c2ccc(Cl)cc2)CC1. The number of rotatable bonds is 6. The Kier molecular flexibility index (Phi) is 5.33. The highest BCUT2D eigenvalue weighted by Gasteiger charge is 2.52. The maximum Gasteiger partial charge on any atom is 0.317 e. The highest BCUT2D eigenvalue weighted by Crippen LogP contribution is 2.49. The van der Waals surface area contributed by atoms with Crippen LogP contribution in [-0.2, 0) is 26.3 Å². The molecule has 0 N–H and O–H groups in total. The number of esters is 1. The first-order valence-corrected chi connectivity index (χ1v) is 9.02. The summed E-state index contributed by atoms with van der Waals surface area (Å²) in [5.74, 6) is -0.550. The molecule has 1 fully saturated rings. The zero-order valence-corrected chi connectivity index (χ0v) is 15.8. The zero-order valence-electron chi connectivity index (χ0n) is 15.0. The van der Waals surface area contributed by atoms with Crippen LogP contribution in [0.15, 0.2) is 48.5 Å². The minimum absolute atomic E-state index is 0.214. The van der Waals surface area contributed by atoms with E-state index in [9.17, 15) is 9.59 Å². The number of halogens is 1. The van der Waals surface area contributed by atoms with Gasteiger partial charge in [-0.15, -0.1) is 0 Å². The van der Waals surface area contributed by atoms with Crippen LogP contribution in [0.4, 0.5) is 0 Å². The van der Waals surface area contributed by atoms with Crippen molar-refractivity contribution in [2.24, 2.45) is 0 Å². The van der Waals surface area contributed by atoms with Gasteiger partial charge in [-0.05, 0) is 48.6 Å². The molecular formula is C21H22ClNO3. The Morgan fingerprint density at radius 1 is 1.12 bits per heavy atom. The van der Waals surface area contributed by atoms with Gasteiger partial charge in [-0.2, -0.15) is 0 Å². The predicted molar refractivity (Wildman–Crippen MR) is 101 cm³/mol. The molecule has 5 heteroatoms. The molecule has 2 aromatic carbocycles. The number of carbonyl (C=O) groups is 2. The van der Waals surface area contributed by atoms with Gasteiger partial charge in [0.25, 0.3) is 5.91 Å². The van der Waals surface area contributed by atoms with Crippen LogP contribution in [0.2, 0.25) is 5.02 Å². The lowest BCUT2D eigenvalue weighted by Crippen LogP contribution is -2.33. The minimum Gasteiger partial charge on any atom is -0.455 e. The Bertz CT molecular complexity index is 812. The second kappa shape index (κ2) is 7.50. The molecule has 0 atom stereocenters. The first-order valence-electron chi connectivity index (χ1n) is 8.64. The molecule has 0 unspecified atom stereocenters. The van der Waals surface area contributed by atoms with E-state index in [1.165, 1.54) is 0 Å². The molecule has 1 amide bonds. The van der Waals surface area contributed by atoms with Crippen molar-refractivity contribution in [2.75, 3.05) is 13.7 Å². The fourth-order valence-electron chi connectivity index (χ4n) is 3.01. The number of carbonyl (C=O) groups excluding carboxylic acids is 2. The van der Waals surface area contributed by atoms with E-state index in [4.69, 9.17) is 16.3 Å². The molecule has 1 aliphatic carbocycles. The first kappa shape index (κ1) is 18.5. The van der Waals surface area contributed by atoms with Gasteiger partial charge in [0.1, 0.15) is 0 Å². The summed E-state index contributed by atoms with van der Waals surface area (Å²) < 4.78 is 5.34. The average Bonchev–Trinajstić information content (AvgIpc) is 3.43. The standard InChI is InChI=1S/C21H22ClNO3/c1-15-5-3-4-6-16(15)13-23(2)19(24)14-26-20(25)21(11-12-21)17-7-9-18(22)10-8-17/h3-10H,11-14H2,1-2H3. The largest absolute Gasteiger partial charge is 0.455 e. The molecule has 0 heterocycles. The number of benzene rings is 2. The van der Waals surface area contributed by atoms with E-state index in [-0.39, 0.29) is 18.5 Å². The summed E-state index contributed by atoms with van der Waals surface area (Å²) in [5, 5.41) is 0.630. The van der Waals surface area contributed by atoms with Crippen molar-refractivity contribution in [1.82, 2.24) is 4.90 Å². The van der Waals surface area contributed by atoms with Crippen LogP contribution >= 0.6 is 11.6 Å². The lowest BCUT2D eigenvalue weighted by Gasteiger charge is -2.20. The van der Waals surface area contributed by atoms with Gasteiger partial charge in [0, 0.05) is 18.6 Å². The van der Waals surface area contributed by atoms with Crippen LogP contribution in [0.25, 0.3) is 0 Å². The Hall–Kier alpha value is -2.33. The molecule has 0 bridgehead atoms. The molecule has 0 saturated heterocycles. The molecule has 0 aromatic heterocycles. The Balaban J connectivity index is 1.56. The summed E-state index contributed by atoms with van der Waals surface area (Å²) in [6.07, 6.45) is 1.47. The highest BCUT2D eigenvalue weighted by atomic mass is 35.5. The van der Waals surface area contributed by atoms with Crippen LogP contribution in [0.3, 0.4) is 0 Å². The lowest BCUT2D eigenvalue weighted by atomic mass is 9.96. The number of amides is 1. The fraction of sp³-hybridized carbons (Fsp3) is 0.333. The van der Waals surface area contributed by atoms with E-state index >= 15 is 0 Å². The van der Waals surface area contributed by atoms with Crippen molar-refractivity contribution in [1.29, 1.82) is 0 Å². The van der Waals surface area contributed by atoms with Gasteiger partial charge >= 0.3 is 5.97 Å². The Labute approximate surface area is 158 Å². The van der Waals surface area contributed by atoms with Crippen LogP contribution in [0, 0.1) is 6.92 Å². The summed E-state index contributed by atoms with van der Waals surface area (Å²) in [7, 11) is 1.72. The monoisotopic (exact) mass is 371 g/mol. The number of likely N-dealkylation sites (N-methyl/N-ethyl adjacent to an activating group) is 1. The molecule has 0 spiro atoms. The number of hydrogen-bond donors (Lipinski definition) is 0. The van der Waals surface area contributed by atoms with E-state index in [2.05, 4.69) is 0 Å². The summed E-state index contributed by atoms with van der Waals surface area (Å²) in [6, 6.07) is 15.2. The lowest BCUT2D eigenvalue weighted by molar-refractivity contribution is -0.154. The quantitative estimate of drug-likeness (QED) is 0.724. The van der Waals surface area contributed by atoms with Crippen molar-refractivity contribution >= 4 is 23.5 Å². The maximum absolute atomic E-state index is 12.5. The summed E-state index contributed by atoms with van der Waals surface area (Å²) >= 11 is 5.91. The van der Waals surface area contributed by atoms with Gasteiger partial charge in [-0.25, -0.2) is 0 Å². The molecule has 0 radical (unpaired) electrons. The van der Waals surface area contributed by atoms with Gasteiger partial charge in [0.2, 0.25) is 0 Å². The van der Waals surface area contributed by atoms with E-state index in [0.717, 1.165) is 29.5 Å². The highest BCUT2D eigenvalue weighted by molar-refractivity contribution is 6.30. The second-order valence-corrected chi connectivity index (χ2v) is 7.28. The molecule has 26 heavy (non-hydrogen) atoms. The van der Waals surface area contributed by atoms with Gasteiger partial charge < -0.3 is 9.64 Å². The van der Waals surface area contributed by atoms with Gasteiger partial charge in [0.15, 0.2) is 6.61 Å². The summed E-state index contributed by atoms with van der Waals surface area (Å²) in [4.78, 5) is 26.4. The smallest absolute Gasteiger partial charge is 0.317 e. The molecular weight excluding hydrogens is 350 g/mol. The van der Waals surface area contributed by atoms with Crippen LogP contribution < -0.4 is 0 Å². The third kappa shape index (κ3) is 3.91. The van der Waals surface area contributed by atoms with Gasteiger partial charge in [-0.1, -0.05) is 48.0 Å². The number of nitrogens with zero attached hydrogens (tertiary/aromatic N) is 1. The van der Waals surface area contributed by atoms with Crippen LogP contribution in [0.5, 0.6) is 0 Å². The summed E-state index contributed by atoms with van der Waals surface area (Å²) in [5.41, 5.74) is 2.49.